The molecule has 2 aliphatic rings. The highest BCUT2D eigenvalue weighted by Crippen LogP contribution is 2.39. The lowest BCUT2D eigenvalue weighted by atomic mass is 9.80. The maximum atomic E-state index is 13.0. The summed E-state index contributed by atoms with van der Waals surface area (Å²) >= 11 is 0. The summed E-state index contributed by atoms with van der Waals surface area (Å²) in [5.74, 6) is 0. The SMILES string of the molecule is CCCCc1c(NC(=O)OC2CC(C)(C)N(O)C(C)(C)C2)cccc1NC(=O)OC1CC(C)(C)N(O)C(C)(C)C1. The van der Waals surface area contributed by atoms with Gasteiger partial charge in [-0.25, -0.2) is 9.59 Å². The van der Waals surface area contributed by atoms with Crippen molar-refractivity contribution in [3.63, 3.8) is 0 Å². The predicted molar refractivity (Wildman–Crippen MR) is 155 cm³/mol. The van der Waals surface area contributed by atoms with Gasteiger partial charge in [0.1, 0.15) is 12.2 Å². The molecule has 2 saturated heterocycles. The van der Waals surface area contributed by atoms with Gasteiger partial charge in [0.15, 0.2) is 0 Å². The van der Waals surface area contributed by atoms with Crippen LogP contribution in [0.4, 0.5) is 21.0 Å². The van der Waals surface area contributed by atoms with Crippen LogP contribution in [-0.4, -0.2) is 67.1 Å². The molecule has 1 aromatic carbocycles. The van der Waals surface area contributed by atoms with Gasteiger partial charge in [-0.2, -0.15) is 10.1 Å². The normalized spacial score (nSPS) is 22.9. The largest absolute Gasteiger partial charge is 0.446 e. The predicted octanol–water partition coefficient (Wildman–Crippen LogP) is 6.95. The quantitative estimate of drug-likeness (QED) is 0.282. The third kappa shape index (κ3) is 7.46. The van der Waals surface area contributed by atoms with Crippen LogP contribution in [0.15, 0.2) is 18.2 Å². The van der Waals surface area contributed by atoms with E-state index in [2.05, 4.69) is 17.6 Å². The molecule has 10 heteroatoms. The zero-order valence-electron chi connectivity index (χ0n) is 25.8. The van der Waals surface area contributed by atoms with E-state index in [9.17, 15) is 20.0 Å². The number of ether oxygens (including phenoxy) is 2. The molecule has 3 rings (SSSR count). The zero-order valence-corrected chi connectivity index (χ0v) is 25.8. The number of unbranched alkanes of at least 4 members (excludes halogenated alkanes) is 1. The lowest BCUT2D eigenvalue weighted by Gasteiger charge is -2.50. The fourth-order valence-corrected chi connectivity index (χ4v) is 6.55. The van der Waals surface area contributed by atoms with E-state index >= 15 is 0 Å². The Morgan fingerprint density at radius 3 is 1.45 bits per heavy atom. The molecule has 4 N–H and O–H groups in total. The highest BCUT2D eigenvalue weighted by atomic mass is 16.6. The van der Waals surface area contributed by atoms with Crippen LogP contribution in [0.3, 0.4) is 0 Å². The lowest BCUT2D eigenvalue weighted by Crippen LogP contribution is -2.60. The molecule has 226 valence electrons. The summed E-state index contributed by atoms with van der Waals surface area (Å²) in [5, 5.41) is 29.6. The van der Waals surface area contributed by atoms with Gasteiger partial charge in [-0.3, -0.25) is 10.6 Å². The van der Waals surface area contributed by atoms with Gasteiger partial charge in [-0.1, -0.05) is 19.4 Å². The van der Waals surface area contributed by atoms with Crippen molar-refractivity contribution >= 4 is 23.6 Å². The van der Waals surface area contributed by atoms with Crippen LogP contribution < -0.4 is 10.6 Å². The van der Waals surface area contributed by atoms with Crippen molar-refractivity contribution in [2.75, 3.05) is 10.6 Å². The number of carbonyl (C=O) groups excluding carboxylic acids is 2. The number of carbonyl (C=O) groups is 2. The van der Waals surface area contributed by atoms with Crippen LogP contribution in [0, 0.1) is 0 Å². The topological polar surface area (TPSA) is 124 Å². The molecule has 0 spiro atoms. The second kappa shape index (κ2) is 11.8. The van der Waals surface area contributed by atoms with Crippen molar-refractivity contribution in [2.24, 2.45) is 0 Å². The van der Waals surface area contributed by atoms with Crippen molar-refractivity contribution in [3.8, 4) is 0 Å². The first-order chi connectivity index (χ1) is 18.4. The lowest BCUT2D eigenvalue weighted by molar-refractivity contribution is -0.256. The summed E-state index contributed by atoms with van der Waals surface area (Å²) in [6.45, 7) is 17.5. The van der Waals surface area contributed by atoms with E-state index in [-0.39, 0.29) is 12.2 Å². The summed E-state index contributed by atoms with van der Waals surface area (Å²) in [7, 11) is 0. The van der Waals surface area contributed by atoms with Crippen LogP contribution in [-0.2, 0) is 15.9 Å². The van der Waals surface area contributed by atoms with Crippen LogP contribution in [0.2, 0.25) is 0 Å². The standard InChI is InChI=1S/C30H50N4O6/c1-10-11-13-22-23(31-25(35)39-20-16-27(2,3)33(37)28(4,5)17-20)14-12-15-24(22)32-26(36)40-21-18-29(6,7)34(38)30(8,9)19-21/h12,14-15,20-21,37-38H,10-11,13,16-19H2,1-9H3,(H,31,35)(H,32,36). The second-order valence-corrected chi connectivity index (χ2v) is 13.9. The summed E-state index contributed by atoms with van der Waals surface area (Å²) in [5.41, 5.74) is -0.212. The molecule has 2 aliphatic heterocycles. The maximum absolute atomic E-state index is 13.0. The summed E-state index contributed by atoms with van der Waals surface area (Å²) in [6.07, 6.45) is 2.60. The average molecular weight is 563 g/mol. The summed E-state index contributed by atoms with van der Waals surface area (Å²) in [4.78, 5) is 26.0. The van der Waals surface area contributed by atoms with Crippen molar-refractivity contribution in [1.82, 2.24) is 10.1 Å². The Morgan fingerprint density at radius 2 is 1.12 bits per heavy atom. The van der Waals surface area contributed by atoms with Gasteiger partial charge < -0.3 is 19.9 Å². The molecular weight excluding hydrogens is 512 g/mol. The number of nitrogens with one attached hydrogen (secondary N) is 2. The van der Waals surface area contributed by atoms with Gasteiger partial charge >= 0.3 is 12.2 Å². The number of rotatable bonds is 7. The fraction of sp³-hybridized carbons (Fsp3) is 0.733. The molecule has 0 bridgehead atoms. The van der Waals surface area contributed by atoms with E-state index in [1.807, 2.05) is 55.4 Å². The molecule has 10 nitrogen and oxygen atoms in total. The second-order valence-electron chi connectivity index (χ2n) is 13.9. The molecule has 0 atom stereocenters. The number of piperidine rings is 2. The Kier molecular flexibility index (Phi) is 9.50. The van der Waals surface area contributed by atoms with Crippen molar-refractivity contribution in [3.05, 3.63) is 23.8 Å². The molecule has 0 aliphatic carbocycles. The highest BCUT2D eigenvalue weighted by Gasteiger charge is 2.47. The molecule has 0 unspecified atom stereocenters. The smallest absolute Gasteiger partial charge is 0.411 e. The monoisotopic (exact) mass is 562 g/mol. The van der Waals surface area contributed by atoms with Crippen LogP contribution in [0.5, 0.6) is 0 Å². The van der Waals surface area contributed by atoms with Gasteiger partial charge in [0.25, 0.3) is 0 Å². The minimum absolute atomic E-state index is 0.359. The third-order valence-electron chi connectivity index (χ3n) is 8.18. The number of anilines is 2. The first-order valence-electron chi connectivity index (χ1n) is 14.4. The number of hydroxylamine groups is 4. The molecule has 0 saturated carbocycles. The Labute approximate surface area is 239 Å². The van der Waals surface area contributed by atoms with Crippen LogP contribution >= 0.6 is 0 Å². The minimum Gasteiger partial charge on any atom is -0.446 e. The number of benzene rings is 1. The minimum atomic E-state index is -0.569. The Hall–Kier alpha value is -2.40. The summed E-state index contributed by atoms with van der Waals surface area (Å²) < 4.78 is 11.6. The fourth-order valence-electron chi connectivity index (χ4n) is 6.55. The van der Waals surface area contributed by atoms with E-state index in [1.165, 1.54) is 10.1 Å². The van der Waals surface area contributed by atoms with E-state index in [0.717, 1.165) is 18.4 Å². The number of hydrogen-bond acceptors (Lipinski definition) is 8. The molecule has 2 heterocycles. The van der Waals surface area contributed by atoms with Crippen molar-refractivity contribution in [1.29, 1.82) is 0 Å². The molecular formula is C30H50N4O6. The first kappa shape index (κ1) is 32.1. The number of hydrogen-bond donors (Lipinski definition) is 4. The number of amides is 2. The van der Waals surface area contributed by atoms with Gasteiger partial charge in [-0.05, 0) is 85.9 Å². The van der Waals surface area contributed by atoms with E-state index in [0.29, 0.717) is 43.5 Å². The van der Waals surface area contributed by atoms with E-state index in [1.54, 1.807) is 18.2 Å². The Balaban J connectivity index is 1.72. The first-order valence-corrected chi connectivity index (χ1v) is 14.4. The van der Waals surface area contributed by atoms with E-state index < -0.39 is 34.3 Å². The van der Waals surface area contributed by atoms with Gasteiger partial charge in [0.05, 0.1) is 0 Å². The molecule has 2 amide bonds. The molecule has 0 aromatic heterocycles. The van der Waals surface area contributed by atoms with Crippen LogP contribution in [0.1, 0.15) is 106 Å². The Morgan fingerprint density at radius 1 is 0.775 bits per heavy atom. The van der Waals surface area contributed by atoms with Crippen molar-refractivity contribution in [2.45, 2.75) is 142 Å². The zero-order chi connectivity index (χ0) is 30.1. The van der Waals surface area contributed by atoms with E-state index in [4.69, 9.17) is 9.47 Å². The maximum Gasteiger partial charge on any atom is 0.411 e. The molecule has 1 aromatic rings. The summed E-state index contributed by atoms with van der Waals surface area (Å²) in [6, 6.07) is 5.37. The highest BCUT2D eigenvalue weighted by molar-refractivity contribution is 5.91. The van der Waals surface area contributed by atoms with Gasteiger partial charge in [0, 0.05) is 59.2 Å². The van der Waals surface area contributed by atoms with Crippen molar-refractivity contribution < 1.29 is 29.5 Å². The molecule has 0 radical (unpaired) electrons. The van der Waals surface area contributed by atoms with Gasteiger partial charge in [0.2, 0.25) is 0 Å². The third-order valence-corrected chi connectivity index (χ3v) is 8.18. The average Bonchev–Trinajstić information content (AvgIpc) is 2.79. The molecule has 2 fully saturated rings. The Bertz CT molecular complexity index is 958. The molecule has 40 heavy (non-hydrogen) atoms. The van der Waals surface area contributed by atoms with Crippen LogP contribution in [0.25, 0.3) is 0 Å². The number of nitrogens with zero attached hydrogens (tertiary/aromatic N) is 2. The van der Waals surface area contributed by atoms with Gasteiger partial charge in [-0.15, -0.1) is 0 Å².